The van der Waals surface area contributed by atoms with E-state index in [-0.39, 0.29) is 35.1 Å². The second kappa shape index (κ2) is 15.4. The van der Waals surface area contributed by atoms with Gasteiger partial charge in [0.1, 0.15) is 11.6 Å². The number of hydrogen-bond donors (Lipinski definition) is 2. The molecule has 0 aliphatic heterocycles. The maximum atomic E-state index is 13.4. The number of amides is 2. The minimum Gasteiger partial charge on any atom is -0.464 e. The van der Waals surface area contributed by atoms with Crippen LogP contribution >= 0.6 is 11.6 Å². The molecule has 0 bridgehead atoms. The van der Waals surface area contributed by atoms with Crippen LogP contribution in [0.1, 0.15) is 62.2 Å². The van der Waals surface area contributed by atoms with Gasteiger partial charge in [0.05, 0.1) is 29.0 Å². The zero-order chi connectivity index (χ0) is 33.4. The molecule has 0 fully saturated rings. The average molecular weight is 659 g/mol. The van der Waals surface area contributed by atoms with Crippen LogP contribution in [0.5, 0.6) is 0 Å². The van der Waals surface area contributed by atoms with Gasteiger partial charge in [-0.1, -0.05) is 41.9 Å². The number of hydrogen-bond acceptors (Lipinski definition) is 8. The van der Waals surface area contributed by atoms with Gasteiger partial charge in [0, 0.05) is 17.1 Å². The number of sulfone groups is 1. The van der Waals surface area contributed by atoms with Crippen molar-refractivity contribution >= 4 is 39.4 Å². The number of halogens is 1. The Balaban J connectivity index is 1.73. The third-order valence-corrected chi connectivity index (χ3v) is 8.58. The largest absolute Gasteiger partial charge is 0.464 e. The van der Waals surface area contributed by atoms with Crippen molar-refractivity contribution in [3.63, 3.8) is 0 Å². The van der Waals surface area contributed by atoms with E-state index in [0.29, 0.717) is 17.0 Å². The van der Waals surface area contributed by atoms with E-state index in [1.807, 2.05) is 0 Å². The number of carbonyl (C=O) groups is 3. The summed E-state index contributed by atoms with van der Waals surface area (Å²) in [6, 6.07) is 17.6. The lowest BCUT2D eigenvalue weighted by Gasteiger charge is -2.29. The van der Waals surface area contributed by atoms with Crippen molar-refractivity contribution in [2.24, 2.45) is 0 Å². The Morgan fingerprint density at radius 1 is 0.978 bits per heavy atom. The summed E-state index contributed by atoms with van der Waals surface area (Å²) in [4.78, 5) is 38.9. The second-order valence-electron chi connectivity index (χ2n) is 11.4. The lowest BCUT2D eigenvalue weighted by atomic mass is 10.1. The predicted octanol–water partition coefficient (Wildman–Crippen LogP) is 5.37. The number of esters is 1. The van der Waals surface area contributed by atoms with Crippen LogP contribution in [0.4, 0.5) is 4.79 Å². The maximum Gasteiger partial charge on any atom is 0.410 e. The number of benzene rings is 3. The first-order chi connectivity index (χ1) is 21.1. The quantitative estimate of drug-likeness (QED) is 0.248. The Morgan fingerprint density at radius 3 is 2.27 bits per heavy atom. The van der Waals surface area contributed by atoms with Crippen molar-refractivity contribution in [3.05, 3.63) is 94.5 Å². The van der Waals surface area contributed by atoms with Crippen LogP contribution in [0.3, 0.4) is 0 Å². The lowest BCUT2D eigenvalue weighted by molar-refractivity contribution is -0.144. The molecule has 0 aliphatic carbocycles. The van der Waals surface area contributed by atoms with Crippen LogP contribution < -0.4 is 5.32 Å². The number of rotatable bonds is 12. The highest BCUT2D eigenvalue weighted by Gasteiger charge is 2.25. The fraction of sp³-hybridized carbons (Fsp3) is 0.364. The molecule has 2 amide bonds. The van der Waals surface area contributed by atoms with Crippen LogP contribution in [-0.4, -0.2) is 67.7 Å². The van der Waals surface area contributed by atoms with Crippen LogP contribution in [0.15, 0.2) is 82.6 Å². The molecule has 10 nitrogen and oxygen atoms in total. The molecular formula is C33H39ClN2O8S. The monoisotopic (exact) mass is 658 g/mol. The van der Waals surface area contributed by atoms with Crippen molar-refractivity contribution in [1.29, 1.82) is 0 Å². The first-order valence-corrected chi connectivity index (χ1v) is 16.3. The molecule has 2 atom stereocenters. The molecule has 0 saturated carbocycles. The third-order valence-electron chi connectivity index (χ3n) is 6.58. The molecule has 0 spiro atoms. The summed E-state index contributed by atoms with van der Waals surface area (Å²) in [6.07, 6.45) is -1.24. The van der Waals surface area contributed by atoms with Crippen molar-refractivity contribution < 1.29 is 37.4 Å². The SMILES string of the molecule is CCOC(=O)[C@H](C)NC(=O)c1cccc(S(=O)(=O)c2ccc(CCN(C[C@H](O)c3cccc(Cl)c3)C(=O)OC(C)(C)C)cc2)c1. The van der Waals surface area contributed by atoms with Crippen molar-refractivity contribution in [3.8, 4) is 0 Å². The number of nitrogens with zero attached hydrogens (tertiary/aromatic N) is 1. The molecule has 3 aromatic rings. The fourth-order valence-corrected chi connectivity index (χ4v) is 5.76. The van der Waals surface area contributed by atoms with Gasteiger partial charge < -0.3 is 24.8 Å². The van der Waals surface area contributed by atoms with Crippen molar-refractivity contribution in [1.82, 2.24) is 10.2 Å². The molecule has 0 unspecified atom stereocenters. The molecular weight excluding hydrogens is 620 g/mol. The van der Waals surface area contributed by atoms with Gasteiger partial charge in [-0.3, -0.25) is 4.79 Å². The standard InChI is InChI=1S/C33H39ClN2O8S/c1-6-43-31(39)22(2)35-30(38)25-10-8-12-28(20-25)45(41,42)27-15-13-23(14-16-27)17-18-36(32(40)44-33(3,4)5)21-29(37)24-9-7-11-26(34)19-24/h7-16,19-20,22,29,37H,6,17-18,21H2,1-5H3,(H,35,38)/t22-,29-/m0/s1. The Labute approximate surface area is 269 Å². The Kier molecular flexibility index (Phi) is 12.1. The highest BCUT2D eigenvalue weighted by Crippen LogP contribution is 2.24. The molecule has 12 heteroatoms. The summed E-state index contributed by atoms with van der Waals surface area (Å²) in [5.41, 5.74) is 0.635. The van der Waals surface area contributed by atoms with Crippen LogP contribution in [-0.2, 0) is 30.5 Å². The number of ether oxygens (including phenoxy) is 2. The van der Waals surface area contributed by atoms with Gasteiger partial charge in [-0.2, -0.15) is 0 Å². The van der Waals surface area contributed by atoms with Crippen molar-refractivity contribution in [2.75, 3.05) is 19.7 Å². The zero-order valence-electron chi connectivity index (χ0n) is 25.9. The molecule has 0 aromatic heterocycles. The maximum absolute atomic E-state index is 13.4. The van der Waals surface area contributed by atoms with Gasteiger partial charge >= 0.3 is 12.1 Å². The van der Waals surface area contributed by atoms with Gasteiger partial charge in [-0.15, -0.1) is 0 Å². The van der Waals surface area contributed by atoms with Gasteiger partial charge in [-0.05, 0) is 94.6 Å². The Morgan fingerprint density at radius 2 is 1.64 bits per heavy atom. The molecule has 0 aliphatic rings. The van der Waals surface area contributed by atoms with E-state index in [9.17, 15) is 27.9 Å². The smallest absolute Gasteiger partial charge is 0.410 e. The minimum atomic E-state index is -3.98. The van der Waals surface area contributed by atoms with Gasteiger partial charge in [-0.25, -0.2) is 18.0 Å². The molecule has 45 heavy (non-hydrogen) atoms. The second-order valence-corrected chi connectivity index (χ2v) is 13.8. The summed E-state index contributed by atoms with van der Waals surface area (Å²) in [5, 5.41) is 13.8. The third kappa shape index (κ3) is 10.3. The number of nitrogens with one attached hydrogen (secondary N) is 1. The molecule has 0 heterocycles. The lowest BCUT2D eigenvalue weighted by Crippen LogP contribution is -2.40. The number of aliphatic hydroxyl groups is 1. The molecule has 3 rings (SSSR count). The Hall–Kier alpha value is -3.93. The van der Waals surface area contributed by atoms with E-state index < -0.39 is 45.6 Å². The molecule has 3 aromatic carbocycles. The molecule has 242 valence electrons. The van der Waals surface area contributed by atoms with E-state index in [0.717, 1.165) is 5.56 Å². The first-order valence-electron chi connectivity index (χ1n) is 14.4. The van der Waals surface area contributed by atoms with Crippen LogP contribution in [0.2, 0.25) is 5.02 Å². The highest BCUT2D eigenvalue weighted by atomic mass is 35.5. The Bertz CT molecular complexity index is 1600. The van der Waals surface area contributed by atoms with Crippen LogP contribution in [0, 0.1) is 0 Å². The minimum absolute atomic E-state index is 0.0177. The number of carbonyl (C=O) groups excluding carboxylic acids is 3. The van der Waals surface area contributed by atoms with Gasteiger partial charge in [0.25, 0.3) is 5.91 Å². The number of aliphatic hydroxyl groups excluding tert-OH is 1. The van der Waals surface area contributed by atoms with Gasteiger partial charge in [0.15, 0.2) is 0 Å². The fourth-order valence-electron chi connectivity index (χ4n) is 4.26. The predicted molar refractivity (Wildman–Crippen MR) is 170 cm³/mol. The highest BCUT2D eigenvalue weighted by molar-refractivity contribution is 7.91. The summed E-state index contributed by atoms with van der Waals surface area (Å²) < 4.78 is 37.2. The van der Waals surface area contributed by atoms with E-state index in [1.54, 1.807) is 64.1 Å². The van der Waals surface area contributed by atoms with E-state index in [1.165, 1.54) is 48.2 Å². The zero-order valence-corrected chi connectivity index (χ0v) is 27.5. The van der Waals surface area contributed by atoms with E-state index >= 15 is 0 Å². The van der Waals surface area contributed by atoms with Gasteiger partial charge in [0.2, 0.25) is 9.84 Å². The van der Waals surface area contributed by atoms with E-state index in [2.05, 4.69) is 5.32 Å². The topological polar surface area (TPSA) is 139 Å². The average Bonchev–Trinajstić information content (AvgIpc) is 2.98. The molecule has 0 saturated heterocycles. The summed E-state index contributed by atoms with van der Waals surface area (Å²) in [5.74, 6) is -1.21. The first kappa shape index (κ1) is 35.5. The summed E-state index contributed by atoms with van der Waals surface area (Å²) in [6.45, 7) is 8.71. The van der Waals surface area contributed by atoms with E-state index in [4.69, 9.17) is 21.1 Å². The van der Waals surface area contributed by atoms with Crippen molar-refractivity contribution in [2.45, 2.75) is 68.6 Å². The summed E-state index contributed by atoms with van der Waals surface area (Å²) >= 11 is 6.07. The summed E-state index contributed by atoms with van der Waals surface area (Å²) in [7, 11) is -3.98. The normalized spacial score (nSPS) is 13.0. The van der Waals surface area contributed by atoms with Crippen LogP contribution in [0.25, 0.3) is 0 Å². The molecule has 0 radical (unpaired) electrons. The molecule has 2 N–H and O–H groups in total.